The molecule has 1 aliphatic carbocycles. The van der Waals surface area contributed by atoms with Gasteiger partial charge >= 0.3 is 0 Å². The summed E-state index contributed by atoms with van der Waals surface area (Å²) in [6.07, 6.45) is 6.62. The molecule has 0 amide bonds. The van der Waals surface area contributed by atoms with E-state index in [-0.39, 0.29) is 0 Å². The lowest BCUT2D eigenvalue weighted by Crippen LogP contribution is -2.11. The van der Waals surface area contributed by atoms with Crippen LogP contribution in [-0.2, 0) is 0 Å². The molecule has 1 fully saturated rings. The van der Waals surface area contributed by atoms with Crippen molar-refractivity contribution in [1.29, 1.82) is 0 Å². The van der Waals surface area contributed by atoms with E-state index in [0.717, 1.165) is 5.69 Å². The SMILES string of the molecule is Cc1nnnc(C2CCCCC2)c1C. The van der Waals surface area contributed by atoms with Gasteiger partial charge in [0.05, 0.1) is 11.4 Å². The molecular formula is C11H17N3. The van der Waals surface area contributed by atoms with E-state index in [1.807, 2.05) is 6.92 Å². The van der Waals surface area contributed by atoms with Crippen molar-refractivity contribution < 1.29 is 0 Å². The second kappa shape index (κ2) is 4.03. The van der Waals surface area contributed by atoms with Crippen molar-refractivity contribution in [1.82, 2.24) is 15.4 Å². The van der Waals surface area contributed by atoms with Crippen LogP contribution in [0.5, 0.6) is 0 Å². The molecule has 0 spiro atoms. The van der Waals surface area contributed by atoms with Crippen molar-refractivity contribution in [3.05, 3.63) is 17.0 Å². The molecule has 1 aromatic heterocycles. The summed E-state index contributed by atoms with van der Waals surface area (Å²) in [4.78, 5) is 0. The third-order valence-corrected chi connectivity index (χ3v) is 3.27. The van der Waals surface area contributed by atoms with Gasteiger partial charge in [-0.25, -0.2) is 0 Å². The Hall–Kier alpha value is -0.990. The highest BCUT2D eigenvalue weighted by atomic mass is 15.3. The van der Waals surface area contributed by atoms with Crippen LogP contribution in [0.4, 0.5) is 0 Å². The zero-order chi connectivity index (χ0) is 9.97. The lowest BCUT2D eigenvalue weighted by Gasteiger charge is -2.21. The fourth-order valence-corrected chi connectivity index (χ4v) is 2.24. The molecule has 0 atom stereocenters. The zero-order valence-electron chi connectivity index (χ0n) is 8.95. The van der Waals surface area contributed by atoms with Gasteiger partial charge in [0.2, 0.25) is 0 Å². The van der Waals surface area contributed by atoms with Gasteiger partial charge in [-0.05, 0) is 37.5 Å². The maximum absolute atomic E-state index is 4.20. The summed E-state index contributed by atoms with van der Waals surface area (Å²) < 4.78 is 0. The number of nitrogens with zero attached hydrogens (tertiary/aromatic N) is 3. The van der Waals surface area contributed by atoms with Crippen LogP contribution in [0.15, 0.2) is 0 Å². The molecule has 1 heterocycles. The van der Waals surface area contributed by atoms with E-state index in [2.05, 4.69) is 22.3 Å². The van der Waals surface area contributed by atoms with Crippen LogP contribution in [0, 0.1) is 13.8 Å². The average molecular weight is 191 g/mol. The van der Waals surface area contributed by atoms with Crippen molar-refractivity contribution in [2.75, 3.05) is 0 Å². The minimum Gasteiger partial charge on any atom is -0.135 e. The molecule has 0 saturated heterocycles. The summed E-state index contributed by atoms with van der Waals surface area (Å²) in [6, 6.07) is 0. The van der Waals surface area contributed by atoms with E-state index >= 15 is 0 Å². The van der Waals surface area contributed by atoms with Crippen LogP contribution >= 0.6 is 0 Å². The fourth-order valence-electron chi connectivity index (χ4n) is 2.24. The molecule has 14 heavy (non-hydrogen) atoms. The summed E-state index contributed by atoms with van der Waals surface area (Å²) in [5.74, 6) is 0.637. The minimum absolute atomic E-state index is 0.637. The van der Waals surface area contributed by atoms with E-state index in [0.29, 0.717) is 5.92 Å². The first-order chi connectivity index (χ1) is 6.79. The van der Waals surface area contributed by atoms with E-state index < -0.39 is 0 Å². The van der Waals surface area contributed by atoms with Crippen LogP contribution in [0.3, 0.4) is 0 Å². The highest BCUT2D eigenvalue weighted by molar-refractivity contribution is 5.23. The Balaban J connectivity index is 2.26. The quantitative estimate of drug-likeness (QED) is 0.684. The van der Waals surface area contributed by atoms with Gasteiger partial charge in [-0.1, -0.05) is 19.3 Å². The Morgan fingerprint density at radius 1 is 1.00 bits per heavy atom. The lowest BCUT2D eigenvalue weighted by molar-refractivity contribution is 0.430. The average Bonchev–Trinajstić information content (AvgIpc) is 2.23. The van der Waals surface area contributed by atoms with Gasteiger partial charge in [0, 0.05) is 5.92 Å². The minimum atomic E-state index is 0.637. The summed E-state index contributed by atoms with van der Waals surface area (Å²) >= 11 is 0. The van der Waals surface area contributed by atoms with Gasteiger partial charge in [-0.15, -0.1) is 10.2 Å². The molecule has 0 bridgehead atoms. The van der Waals surface area contributed by atoms with Crippen molar-refractivity contribution >= 4 is 0 Å². The van der Waals surface area contributed by atoms with Crippen molar-refractivity contribution in [3.8, 4) is 0 Å². The summed E-state index contributed by atoms with van der Waals surface area (Å²) in [6.45, 7) is 4.12. The second-order valence-corrected chi connectivity index (χ2v) is 4.22. The summed E-state index contributed by atoms with van der Waals surface area (Å²) in [5.41, 5.74) is 3.46. The largest absolute Gasteiger partial charge is 0.135 e. The molecule has 0 aliphatic heterocycles. The Morgan fingerprint density at radius 3 is 2.43 bits per heavy atom. The molecule has 1 saturated carbocycles. The van der Waals surface area contributed by atoms with Gasteiger partial charge in [0.25, 0.3) is 0 Å². The van der Waals surface area contributed by atoms with Crippen LogP contribution in [0.25, 0.3) is 0 Å². The molecule has 1 aromatic rings. The highest BCUT2D eigenvalue weighted by Crippen LogP contribution is 2.32. The molecule has 0 radical (unpaired) electrons. The number of aryl methyl sites for hydroxylation is 1. The van der Waals surface area contributed by atoms with Crippen molar-refractivity contribution in [2.45, 2.75) is 51.9 Å². The Kier molecular flexibility index (Phi) is 2.75. The molecule has 1 aliphatic rings. The van der Waals surface area contributed by atoms with E-state index in [1.54, 1.807) is 0 Å². The molecular weight excluding hydrogens is 174 g/mol. The molecule has 3 nitrogen and oxygen atoms in total. The van der Waals surface area contributed by atoms with Gasteiger partial charge in [-0.2, -0.15) is 0 Å². The third kappa shape index (κ3) is 1.76. The maximum atomic E-state index is 4.20. The Morgan fingerprint density at radius 2 is 1.71 bits per heavy atom. The zero-order valence-corrected chi connectivity index (χ0v) is 8.95. The molecule has 2 rings (SSSR count). The summed E-state index contributed by atoms with van der Waals surface area (Å²) in [7, 11) is 0. The van der Waals surface area contributed by atoms with Crippen LogP contribution in [-0.4, -0.2) is 15.4 Å². The first-order valence-electron chi connectivity index (χ1n) is 5.45. The maximum Gasteiger partial charge on any atom is 0.0727 e. The van der Waals surface area contributed by atoms with Gasteiger partial charge in [0.15, 0.2) is 0 Å². The van der Waals surface area contributed by atoms with Crippen molar-refractivity contribution in [2.24, 2.45) is 0 Å². The molecule has 3 heteroatoms. The number of hydrogen-bond donors (Lipinski definition) is 0. The van der Waals surface area contributed by atoms with Crippen LogP contribution in [0.2, 0.25) is 0 Å². The molecule has 76 valence electrons. The van der Waals surface area contributed by atoms with Gasteiger partial charge in [-0.3, -0.25) is 0 Å². The van der Waals surface area contributed by atoms with Gasteiger partial charge < -0.3 is 0 Å². The predicted molar refractivity (Wildman–Crippen MR) is 55.1 cm³/mol. The van der Waals surface area contributed by atoms with Crippen LogP contribution in [0.1, 0.15) is 55.0 Å². The second-order valence-electron chi connectivity index (χ2n) is 4.22. The number of aromatic nitrogens is 3. The first-order valence-corrected chi connectivity index (χ1v) is 5.45. The predicted octanol–water partition coefficient (Wildman–Crippen LogP) is 2.54. The molecule has 0 unspecified atom stereocenters. The Bertz CT molecular complexity index is 316. The standard InChI is InChI=1S/C11H17N3/c1-8-9(2)12-14-13-11(8)10-6-4-3-5-7-10/h10H,3-7H2,1-2H3. The molecule has 0 aromatic carbocycles. The number of rotatable bonds is 1. The normalized spacial score (nSPS) is 18.4. The summed E-state index contributed by atoms with van der Waals surface area (Å²) in [5, 5.41) is 12.0. The van der Waals surface area contributed by atoms with Crippen LogP contribution < -0.4 is 0 Å². The lowest BCUT2D eigenvalue weighted by atomic mass is 9.85. The van der Waals surface area contributed by atoms with E-state index in [9.17, 15) is 0 Å². The van der Waals surface area contributed by atoms with E-state index in [1.165, 1.54) is 43.4 Å². The fraction of sp³-hybridized carbons (Fsp3) is 0.727. The number of hydrogen-bond acceptors (Lipinski definition) is 3. The topological polar surface area (TPSA) is 38.7 Å². The Labute approximate surface area is 84.9 Å². The monoisotopic (exact) mass is 191 g/mol. The third-order valence-electron chi connectivity index (χ3n) is 3.27. The van der Waals surface area contributed by atoms with E-state index in [4.69, 9.17) is 0 Å². The van der Waals surface area contributed by atoms with Gasteiger partial charge in [0.1, 0.15) is 0 Å². The highest BCUT2D eigenvalue weighted by Gasteiger charge is 2.19. The molecule has 0 N–H and O–H groups in total. The van der Waals surface area contributed by atoms with Crippen molar-refractivity contribution in [3.63, 3.8) is 0 Å². The first kappa shape index (κ1) is 9.56. The smallest absolute Gasteiger partial charge is 0.0727 e.